The molecule has 2 fully saturated rings. The summed E-state index contributed by atoms with van der Waals surface area (Å²) in [6.45, 7) is 5.35. The van der Waals surface area contributed by atoms with Crippen LogP contribution in [0.5, 0.6) is 17.2 Å². The van der Waals surface area contributed by atoms with Crippen molar-refractivity contribution in [3.63, 3.8) is 0 Å². The molecule has 0 radical (unpaired) electrons. The zero-order valence-electron chi connectivity index (χ0n) is 17.6. The number of phenols is 1. The van der Waals surface area contributed by atoms with Crippen molar-refractivity contribution in [2.24, 2.45) is 0 Å². The van der Waals surface area contributed by atoms with E-state index in [0.717, 1.165) is 35.5 Å². The van der Waals surface area contributed by atoms with E-state index < -0.39 is 0 Å². The second-order valence-corrected chi connectivity index (χ2v) is 8.50. The lowest BCUT2D eigenvalue weighted by molar-refractivity contribution is 0.0772. The van der Waals surface area contributed by atoms with Crippen LogP contribution < -0.4 is 10.1 Å². The monoisotopic (exact) mass is 404 g/mol. The summed E-state index contributed by atoms with van der Waals surface area (Å²) in [7, 11) is 0. The average Bonchev–Trinajstić information content (AvgIpc) is 3.10. The van der Waals surface area contributed by atoms with Gasteiger partial charge >= 0.3 is 0 Å². The van der Waals surface area contributed by atoms with Crippen molar-refractivity contribution in [2.75, 3.05) is 13.1 Å². The van der Waals surface area contributed by atoms with Gasteiger partial charge in [0.2, 0.25) is 0 Å². The first-order chi connectivity index (χ1) is 14.6. The fourth-order valence-corrected chi connectivity index (χ4v) is 5.19. The minimum Gasteiger partial charge on any atom is -0.508 e. The van der Waals surface area contributed by atoms with Gasteiger partial charge in [0.15, 0.2) is 0 Å². The maximum Gasteiger partial charge on any atom is 0.253 e. The zero-order valence-corrected chi connectivity index (χ0v) is 17.6. The highest BCUT2D eigenvalue weighted by molar-refractivity contribution is 5.97. The minimum absolute atomic E-state index is 0.0250. The lowest BCUT2D eigenvalue weighted by Gasteiger charge is -2.31. The van der Waals surface area contributed by atoms with E-state index in [2.05, 4.69) is 5.32 Å². The number of carbonyl (C=O) groups is 1. The lowest BCUT2D eigenvalue weighted by Crippen LogP contribution is -2.35. The largest absolute Gasteiger partial charge is 0.508 e. The van der Waals surface area contributed by atoms with E-state index in [1.54, 1.807) is 12.1 Å². The number of hydrogen-bond acceptors (Lipinski definition) is 4. The second kappa shape index (κ2) is 7.47. The van der Waals surface area contributed by atoms with E-state index in [1.807, 2.05) is 43.0 Å². The zero-order chi connectivity index (χ0) is 20.8. The summed E-state index contributed by atoms with van der Waals surface area (Å²) in [4.78, 5) is 14.7. The maximum absolute atomic E-state index is 12.9. The number of nitrogens with one attached hydrogen (secondary N) is 1. The predicted octanol–water partition coefficient (Wildman–Crippen LogP) is 4.70. The number of amides is 1. The van der Waals surface area contributed by atoms with Crippen LogP contribution in [0.25, 0.3) is 5.57 Å². The van der Waals surface area contributed by atoms with Crippen LogP contribution in [0.2, 0.25) is 0 Å². The van der Waals surface area contributed by atoms with Crippen molar-refractivity contribution in [1.82, 2.24) is 10.2 Å². The molecule has 5 nitrogen and oxygen atoms in total. The van der Waals surface area contributed by atoms with Gasteiger partial charge in [-0.1, -0.05) is 5.57 Å². The molecule has 2 aromatic carbocycles. The Morgan fingerprint density at radius 1 is 1.03 bits per heavy atom. The summed E-state index contributed by atoms with van der Waals surface area (Å²) in [5, 5.41) is 13.9. The summed E-state index contributed by atoms with van der Waals surface area (Å²) in [5.41, 5.74) is 5.19. The molecule has 3 heterocycles. The van der Waals surface area contributed by atoms with Gasteiger partial charge < -0.3 is 20.1 Å². The molecule has 2 saturated heterocycles. The lowest BCUT2D eigenvalue weighted by atomic mass is 9.84. The molecule has 30 heavy (non-hydrogen) atoms. The van der Waals surface area contributed by atoms with Crippen LogP contribution in [0.15, 0.2) is 42.0 Å². The Balaban J connectivity index is 1.64. The fraction of sp³-hybridized carbons (Fsp3) is 0.400. The highest BCUT2D eigenvalue weighted by Gasteiger charge is 2.34. The van der Waals surface area contributed by atoms with E-state index in [4.69, 9.17) is 4.74 Å². The maximum atomic E-state index is 12.9. The fourth-order valence-electron chi connectivity index (χ4n) is 5.19. The van der Waals surface area contributed by atoms with E-state index in [0.29, 0.717) is 30.7 Å². The Kier molecular flexibility index (Phi) is 4.78. The molecular formula is C25H28N2O3. The van der Waals surface area contributed by atoms with Crippen LogP contribution in [0.4, 0.5) is 0 Å². The van der Waals surface area contributed by atoms with Crippen molar-refractivity contribution >= 4 is 11.5 Å². The molecule has 3 aliphatic heterocycles. The number of aromatic hydroxyl groups is 1. The molecule has 156 valence electrons. The number of phenolic OH excluding ortho intramolecular Hbond substituents is 1. The molecule has 1 amide bonds. The average molecular weight is 405 g/mol. The highest BCUT2D eigenvalue weighted by Crippen LogP contribution is 2.49. The molecule has 0 aliphatic carbocycles. The van der Waals surface area contributed by atoms with Gasteiger partial charge in [-0.05, 0) is 81.5 Å². The Morgan fingerprint density at radius 3 is 2.47 bits per heavy atom. The summed E-state index contributed by atoms with van der Waals surface area (Å²) in [5.74, 6) is 1.72. The number of ether oxygens (including phenoxy) is 1. The molecule has 2 N–H and O–H groups in total. The van der Waals surface area contributed by atoms with Gasteiger partial charge in [-0.3, -0.25) is 4.79 Å². The Bertz CT molecular complexity index is 1020. The van der Waals surface area contributed by atoms with E-state index in [9.17, 15) is 9.90 Å². The third-order valence-electron chi connectivity index (χ3n) is 6.68. The quantitative estimate of drug-likeness (QED) is 0.664. The van der Waals surface area contributed by atoms with Crippen LogP contribution in [-0.4, -0.2) is 41.1 Å². The summed E-state index contributed by atoms with van der Waals surface area (Å²) < 4.78 is 6.23. The number of nitrogens with zero attached hydrogens (tertiary/aromatic N) is 1. The van der Waals surface area contributed by atoms with E-state index in [1.165, 1.54) is 24.0 Å². The van der Waals surface area contributed by atoms with Gasteiger partial charge in [-0.25, -0.2) is 0 Å². The van der Waals surface area contributed by atoms with Crippen LogP contribution in [0.1, 0.15) is 61.0 Å². The molecule has 2 aromatic rings. The van der Waals surface area contributed by atoms with Crippen LogP contribution in [-0.2, 0) is 0 Å². The second-order valence-electron chi connectivity index (χ2n) is 8.50. The number of piperidine rings is 1. The molecule has 2 atom stereocenters. The van der Waals surface area contributed by atoms with E-state index in [-0.39, 0.29) is 11.7 Å². The van der Waals surface area contributed by atoms with Crippen molar-refractivity contribution in [2.45, 2.75) is 51.6 Å². The third-order valence-corrected chi connectivity index (χ3v) is 6.68. The third kappa shape index (κ3) is 3.18. The molecule has 0 saturated carbocycles. The van der Waals surface area contributed by atoms with Gasteiger partial charge in [0.05, 0.1) is 0 Å². The normalized spacial score (nSPS) is 21.7. The first-order valence-electron chi connectivity index (χ1n) is 11.0. The molecular weight excluding hydrogens is 376 g/mol. The van der Waals surface area contributed by atoms with Gasteiger partial charge in [0.25, 0.3) is 5.91 Å². The first-order valence-corrected chi connectivity index (χ1v) is 11.0. The van der Waals surface area contributed by atoms with Crippen LogP contribution in [0.3, 0.4) is 0 Å². The minimum atomic E-state index is 0.0250. The number of benzene rings is 2. The number of rotatable bonds is 3. The van der Waals surface area contributed by atoms with Crippen molar-refractivity contribution < 1.29 is 14.6 Å². The van der Waals surface area contributed by atoms with Gasteiger partial charge in [0, 0.05) is 41.9 Å². The van der Waals surface area contributed by atoms with Crippen LogP contribution in [0, 0.1) is 0 Å². The summed E-state index contributed by atoms with van der Waals surface area (Å²) in [6.07, 6.45) is 4.46. The van der Waals surface area contributed by atoms with Crippen molar-refractivity contribution in [3.05, 3.63) is 58.7 Å². The molecule has 0 spiro atoms. The number of fused-ring (bicyclic) bond motifs is 4. The van der Waals surface area contributed by atoms with Crippen molar-refractivity contribution in [1.29, 1.82) is 0 Å². The Morgan fingerprint density at radius 2 is 1.77 bits per heavy atom. The smallest absolute Gasteiger partial charge is 0.253 e. The molecule has 2 unspecified atom stereocenters. The predicted molar refractivity (Wildman–Crippen MR) is 117 cm³/mol. The molecule has 3 aliphatic rings. The van der Waals surface area contributed by atoms with Gasteiger partial charge in [-0.2, -0.15) is 0 Å². The van der Waals surface area contributed by atoms with Gasteiger partial charge in [-0.15, -0.1) is 0 Å². The Labute approximate surface area is 177 Å². The van der Waals surface area contributed by atoms with Crippen LogP contribution >= 0.6 is 0 Å². The SMILES string of the molecule is CCN(CC)C(=O)c1ccc2c(c1)Oc1ccc(O)cc1C2=C1CC2CCC(C1)N2. The Hall–Kier alpha value is -2.79. The summed E-state index contributed by atoms with van der Waals surface area (Å²) in [6, 6.07) is 12.1. The highest BCUT2D eigenvalue weighted by atomic mass is 16.5. The van der Waals surface area contributed by atoms with Gasteiger partial charge in [0.1, 0.15) is 17.2 Å². The standard InChI is InChI=1S/C25H28N2O3/c1-3-27(4-2)25(29)15-5-9-20-23(13-15)30-22-10-8-19(28)14-21(22)24(20)16-11-17-6-7-18(12-16)26-17/h5,8-10,13-14,17-18,26,28H,3-4,6-7,11-12H2,1-2H3. The number of hydrogen-bond donors (Lipinski definition) is 2. The molecule has 5 heteroatoms. The number of carbonyl (C=O) groups excluding carboxylic acids is 1. The molecule has 2 bridgehead atoms. The molecule has 5 rings (SSSR count). The molecule has 0 aromatic heterocycles. The van der Waals surface area contributed by atoms with E-state index >= 15 is 0 Å². The van der Waals surface area contributed by atoms with Crippen molar-refractivity contribution in [3.8, 4) is 17.2 Å². The summed E-state index contributed by atoms with van der Waals surface area (Å²) >= 11 is 0. The first kappa shape index (κ1) is 19.2. The topological polar surface area (TPSA) is 61.8 Å².